The number of carboxylic acid groups (broad SMARTS) is 1. The Balaban J connectivity index is 0.000000383. The molecule has 180 valence electrons. The molecule has 2 atom stereocenters. The molecule has 0 saturated carbocycles. The van der Waals surface area contributed by atoms with Gasteiger partial charge >= 0.3 is 12.1 Å². The second-order valence-electron chi connectivity index (χ2n) is 8.03. The van der Waals surface area contributed by atoms with E-state index in [1.54, 1.807) is 12.5 Å². The zero-order chi connectivity index (χ0) is 24.1. The molecular weight excluding hydrogens is 445 g/mol. The first-order valence-corrected chi connectivity index (χ1v) is 10.4. The molecule has 4 heterocycles. The molecule has 2 unspecified atom stereocenters. The Morgan fingerprint density at radius 1 is 1.33 bits per heavy atom. The fraction of sp³-hybridized carbons (Fsp3) is 0.500. The fourth-order valence-electron chi connectivity index (χ4n) is 4.06. The molecule has 4 rings (SSSR count). The largest absolute Gasteiger partial charge is 0.490 e. The molecule has 0 spiro atoms. The summed E-state index contributed by atoms with van der Waals surface area (Å²) in [6.45, 7) is 4.46. The number of carboxylic acids is 1. The number of hydrogen-bond donors (Lipinski definition) is 1. The van der Waals surface area contributed by atoms with E-state index in [0.717, 1.165) is 31.4 Å². The Morgan fingerprint density at radius 2 is 2.09 bits per heavy atom. The second-order valence-corrected chi connectivity index (χ2v) is 8.03. The highest BCUT2D eigenvalue weighted by atomic mass is 19.4. The van der Waals surface area contributed by atoms with Crippen molar-refractivity contribution < 1.29 is 41.8 Å². The first-order chi connectivity index (χ1) is 15.6. The summed E-state index contributed by atoms with van der Waals surface area (Å²) in [5.74, 6) is -1.77. The zero-order valence-electron chi connectivity index (χ0n) is 18.0. The van der Waals surface area contributed by atoms with Crippen LogP contribution in [-0.2, 0) is 9.53 Å². The molecule has 1 N–H and O–H groups in total. The number of hydrogen-bond acceptors (Lipinski definition) is 6. The molecule has 0 aliphatic carbocycles. The smallest absolute Gasteiger partial charge is 0.477 e. The van der Waals surface area contributed by atoms with E-state index in [2.05, 4.69) is 4.98 Å². The summed E-state index contributed by atoms with van der Waals surface area (Å²) in [6.07, 6.45) is 1.09. The molecule has 2 aromatic heterocycles. The van der Waals surface area contributed by atoms with Gasteiger partial charge in [0, 0.05) is 42.9 Å². The minimum Gasteiger partial charge on any atom is -0.477 e. The number of carbonyl (C=O) groups is 2. The highest BCUT2D eigenvalue weighted by molar-refractivity contribution is 5.93. The van der Waals surface area contributed by atoms with Crippen molar-refractivity contribution in [3.63, 3.8) is 0 Å². The van der Waals surface area contributed by atoms with Gasteiger partial charge in [-0.3, -0.25) is 4.79 Å². The SMILES string of the molecule is Cc1ccoc1C(=O)N1CCC2OCCCC2(COc2ccccn2)C1.O=C(O)C(F)(F)F. The maximum atomic E-state index is 12.9. The number of aliphatic carboxylic acids is 1. The zero-order valence-corrected chi connectivity index (χ0v) is 18.0. The summed E-state index contributed by atoms with van der Waals surface area (Å²) in [4.78, 5) is 27.9. The van der Waals surface area contributed by atoms with E-state index in [1.807, 2.05) is 36.1 Å². The molecule has 2 aliphatic heterocycles. The average molecular weight is 470 g/mol. The van der Waals surface area contributed by atoms with Crippen LogP contribution in [0.5, 0.6) is 5.88 Å². The van der Waals surface area contributed by atoms with Crippen LogP contribution in [-0.4, -0.2) is 65.5 Å². The van der Waals surface area contributed by atoms with Crippen molar-refractivity contribution in [2.75, 3.05) is 26.3 Å². The van der Waals surface area contributed by atoms with Gasteiger partial charge in [-0.2, -0.15) is 13.2 Å². The van der Waals surface area contributed by atoms with Crippen LogP contribution in [0.3, 0.4) is 0 Å². The first-order valence-electron chi connectivity index (χ1n) is 10.4. The molecular formula is C22H25F3N2O6. The van der Waals surface area contributed by atoms with Gasteiger partial charge in [-0.05, 0) is 38.3 Å². The Morgan fingerprint density at radius 3 is 2.70 bits per heavy atom. The van der Waals surface area contributed by atoms with Gasteiger partial charge < -0.3 is 23.9 Å². The second kappa shape index (κ2) is 10.2. The summed E-state index contributed by atoms with van der Waals surface area (Å²) in [6, 6.07) is 7.45. The number of fused-ring (bicyclic) bond motifs is 1. The van der Waals surface area contributed by atoms with Gasteiger partial charge in [0.15, 0.2) is 5.76 Å². The van der Waals surface area contributed by atoms with Gasteiger partial charge in [-0.15, -0.1) is 0 Å². The minimum atomic E-state index is -5.08. The summed E-state index contributed by atoms with van der Waals surface area (Å²) in [7, 11) is 0. The number of aryl methyl sites for hydroxylation is 1. The van der Waals surface area contributed by atoms with Crippen LogP contribution in [0.15, 0.2) is 41.1 Å². The maximum Gasteiger partial charge on any atom is 0.490 e. The van der Waals surface area contributed by atoms with Crippen molar-refractivity contribution in [3.05, 3.63) is 48.0 Å². The quantitative estimate of drug-likeness (QED) is 0.727. The number of alkyl halides is 3. The molecule has 11 heteroatoms. The number of likely N-dealkylation sites (tertiary alicyclic amines) is 1. The van der Waals surface area contributed by atoms with Gasteiger partial charge in [0.05, 0.1) is 19.0 Å². The summed E-state index contributed by atoms with van der Waals surface area (Å²) in [5.41, 5.74) is 0.667. The number of rotatable bonds is 4. The third-order valence-electron chi connectivity index (χ3n) is 5.72. The molecule has 1 amide bonds. The van der Waals surface area contributed by atoms with Crippen molar-refractivity contribution in [2.24, 2.45) is 5.41 Å². The lowest BCUT2D eigenvalue weighted by atomic mass is 9.73. The topological polar surface area (TPSA) is 102 Å². The maximum absolute atomic E-state index is 12.9. The van der Waals surface area contributed by atoms with Gasteiger partial charge in [-0.1, -0.05) is 6.07 Å². The van der Waals surface area contributed by atoms with Crippen LogP contribution in [0.4, 0.5) is 13.2 Å². The monoisotopic (exact) mass is 470 g/mol. The number of halogens is 3. The third-order valence-corrected chi connectivity index (χ3v) is 5.72. The van der Waals surface area contributed by atoms with Crippen molar-refractivity contribution in [1.29, 1.82) is 0 Å². The molecule has 0 bridgehead atoms. The van der Waals surface area contributed by atoms with E-state index in [4.69, 9.17) is 23.8 Å². The van der Waals surface area contributed by atoms with E-state index in [0.29, 0.717) is 31.3 Å². The van der Waals surface area contributed by atoms with Crippen LogP contribution in [0.2, 0.25) is 0 Å². The number of pyridine rings is 1. The molecule has 2 aliphatic rings. The molecule has 0 radical (unpaired) electrons. The Hall–Kier alpha value is -3.08. The highest BCUT2D eigenvalue weighted by Crippen LogP contribution is 2.41. The lowest BCUT2D eigenvalue weighted by molar-refractivity contribution is -0.192. The Kier molecular flexibility index (Phi) is 7.62. The molecule has 2 saturated heterocycles. The number of nitrogens with zero attached hydrogens (tertiary/aromatic N) is 2. The van der Waals surface area contributed by atoms with E-state index < -0.39 is 12.1 Å². The van der Waals surface area contributed by atoms with Gasteiger partial charge in [0.1, 0.15) is 0 Å². The van der Waals surface area contributed by atoms with Crippen molar-refractivity contribution >= 4 is 11.9 Å². The molecule has 0 aromatic carbocycles. The Labute approximate surface area is 188 Å². The van der Waals surface area contributed by atoms with E-state index in [1.165, 1.54) is 0 Å². The van der Waals surface area contributed by atoms with Gasteiger partial charge in [0.25, 0.3) is 5.91 Å². The molecule has 2 aromatic rings. The number of piperidine rings is 1. The number of amides is 1. The minimum absolute atomic E-state index is 0.0475. The molecule has 8 nitrogen and oxygen atoms in total. The van der Waals surface area contributed by atoms with Crippen LogP contribution in [0.1, 0.15) is 35.4 Å². The van der Waals surface area contributed by atoms with Gasteiger partial charge in [-0.25, -0.2) is 9.78 Å². The van der Waals surface area contributed by atoms with Crippen LogP contribution in [0, 0.1) is 12.3 Å². The lowest BCUT2D eigenvalue weighted by Gasteiger charge is -2.49. The van der Waals surface area contributed by atoms with E-state index in [-0.39, 0.29) is 17.4 Å². The van der Waals surface area contributed by atoms with Gasteiger partial charge in [0.2, 0.25) is 5.88 Å². The van der Waals surface area contributed by atoms with Crippen molar-refractivity contribution in [3.8, 4) is 5.88 Å². The van der Waals surface area contributed by atoms with Crippen LogP contribution >= 0.6 is 0 Å². The predicted molar refractivity (Wildman–Crippen MR) is 109 cm³/mol. The number of ether oxygens (including phenoxy) is 2. The highest BCUT2D eigenvalue weighted by Gasteiger charge is 2.48. The number of furan rings is 1. The van der Waals surface area contributed by atoms with Crippen LogP contribution in [0.25, 0.3) is 0 Å². The predicted octanol–water partition coefficient (Wildman–Crippen LogP) is 3.71. The summed E-state index contributed by atoms with van der Waals surface area (Å²) in [5, 5.41) is 7.12. The standard InChI is InChI=1S/C20H24N2O4.C2HF3O2/c1-15-7-12-25-18(15)19(23)22-10-6-16-20(13-22,8-4-11-24-16)14-26-17-5-2-3-9-21-17;3-2(4,5)1(6)7/h2-3,5,7,9,12,16H,4,6,8,10-11,13-14H2,1H3;(H,6,7). The van der Waals surface area contributed by atoms with E-state index in [9.17, 15) is 18.0 Å². The third kappa shape index (κ3) is 6.04. The fourth-order valence-corrected chi connectivity index (χ4v) is 4.06. The molecule has 33 heavy (non-hydrogen) atoms. The van der Waals surface area contributed by atoms with E-state index >= 15 is 0 Å². The first kappa shape index (κ1) is 24.6. The lowest BCUT2D eigenvalue weighted by Crippen LogP contribution is -2.58. The summed E-state index contributed by atoms with van der Waals surface area (Å²) < 4.78 is 49.2. The normalized spacial score (nSPS) is 22.5. The average Bonchev–Trinajstić information content (AvgIpc) is 3.23. The Bertz CT molecular complexity index is 949. The number of carbonyl (C=O) groups excluding carboxylic acids is 1. The number of aromatic nitrogens is 1. The summed E-state index contributed by atoms with van der Waals surface area (Å²) >= 11 is 0. The van der Waals surface area contributed by atoms with Crippen molar-refractivity contribution in [2.45, 2.75) is 38.5 Å². The van der Waals surface area contributed by atoms with Crippen molar-refractivity contribution in [1.82, 2.24) is 9.88 Å². The molecule has 2 fully saturated rings. The van der Waals surface area contributed by atoms with Crippen LogP contribution < -0.4 is 4.74 Å².